The standard InChI is InChI=1S/C17H24N4O2/c1-12(2)16-19-17(23-20-16)13-7-8-15(18-10-13)21(3)11-14-6-4-5-9-22-14/h7-8,10,12,14H,4-6,9,11H2,1-3H3. The molecular formula is C17H24N4O2. The number of anilines is 1. The molecule has 124 valence electrons. The summed E-state index contributed by atoms with van der Waals surface area (Å²) in [5, 5.41) is 3.99. The van der Waals surface area contributed by atoms with Gasteiger partial charge in [-0.1, -0.05) is 19.0 Å². The Morgan fingerprint density at radius 1 is 1.30 bits per heavy atom. The molecule has 1 fully saturated rings. The minimum Gasteiger partial charge on any atom is -0.376 e. The summed E-state index contributed by atoms with van der Waals surface area (Å²) < 4.78 is 11.1. The minimum absolute atomic E-state index is 0.251. The van der Waals surface area contributed by atoms with Crippen molar-refractivity contribution >= 4 is 5.82 Å². The number of ether oxygens (including phenoxy) is 1. The average Bonchev–Trinajstić information content (AvgIpc) is 3.06. The lowest BCUT2D eigenvalue weighted by Crippen LogP contribution is -2.33. The maximum absolute atomic E-state index is 5.79. The number of hydrogen-bond donors (Lipinski definition) is 0. The van der Waals surface area contributed by atoms with Crippen LogP contribution < -0.4 is 4.90 Å². The van der Waals surface area contributed by atoms with Crippen LogP contribution in [0.4, 0.5) is 5.82 Å². The summed E-state index contributed by atoms with van der Waals surface area (Å²) in [6.45, 7) is 5.82. The van der Waals surface area contributed by atoms with Crippen molar-refractivity contribution in [3.63, 3.8) is 0 Å². The Morgan fingerprint density at radius 2 is 2.17 bits per heavy atom. The van der Waals surface area contributed by atoms with E-state index in [4.69, 9.17) is 9.26 Å². The average molecular weight is 316 g/mol. The molecule has 1 saturated heterocycles. The van der Waals surface area contributed by atoms with E-state index in [0.717, 1.165) is 36.8 Å². The molecule has 0 aromatic carbocycles. The number of aromatic nitrogens is 3. The lowest BCUT2D eigenvalue weighted by Gasteiger charge is -2.28. The van der Waals surface area contributed by atoms with Crippen LogP contribution in [0.3, 0.4) is 0 Å². The Bertz CT molecular complexity index is 618. The predicted molar refractivity (Wildman–Crippen MR) is 88.5 cm³/mol. The predicted octanol–water partition coefficient (Wildman–Crippen LogP) is 3.26. The van der Waals surface area contributed by atoms with Crippen LogP contribution in [-0.4, -0.2) is 41.4 Å². The second-order valence-electron chi connectivity index (χ2n) is 6.39. The Morgan fingerprint density at radius 3 is 2.78 bits per heavy atom. The van der Waals surface area contributed by atoms with Crippen LogP contribution in [0.1, 0.15) is 44.9 Å². The third-order valence-corrected chi connectivity index (χ3v) is 4.10. The fourth-order valence-electron chi connectivity index (χ4n) is 2.68. The zero-order valence-corrected chi connectivity index (χ0v) is 14.0. The van der Waals surface area contributed by atoms with E-state index in [1.165, 1.54) is 12.8 Å². The molecule has 1 unspecified atom stereocenters. The van der Waals surface area contributed by atoms with Crippen molar-refractivity contribution in [2.45, 2.75) is 45.1 Å². The Labute approximate surface area is 136 Å². The van der Waals surface area contributed by atoms with Crippen molar-refractivity contribution in [2.24, 2.45) is 0 Å². The first-order valence-corrected chi connectivity index (χ1v) is 8.26. The van der Waals surface area contributed by atoms with E-state index in [1.54, 1.807) is 6.20 Å². The van der Waals surface area contributed by atoms with Gasteiger partial charge in [0, 0.05) is 32.3 Å². The van der Waals surface area contributed by atoms with E-state index in [2.05, 4.69) is 20.0 Å². The van der Waals surface area contributed by atoms with Crippen LogP contribution in [0, 0.1) is 0 Å². The third-order valence-electron chi connectivity index (χ3n) is 4.10. The quantitative estimate of drug-likeness (QED) is 0.843. The van der Waals surface area contributed by atoms with Gasteiger partial charge in [0.2, 0.25) is 0 Å². The van der Waals surface area contributed by atoms with Gasteiger partial charge in [-0.05, 0) is 31.4 Å². The Kier molecular flexibility index (Phi) is 4.91. The van der Waals surface area contributed by atoms with E-state index in [0.29, 0.717) is 12.0 Å². The van der Waals surface area contributed by atoms with Gasteiger partial charge in [-0.3, -0.25) is 0 Å². The van der Waals surface area contributed by atoms with Crippen LogP contribution in [0.2, 0.25) is 0 Å². The summed E-state index contributed by atoms with van der Waals surface area (Å²) in [5.74, 6) is 2.41. The van der Waals surface area contributed by atoms with Gasteiger partial charge in [-0.25, -0.2) is 4.98 Å². The fourth-order valence-corrected chi connectivity index (χ4v) is 2.68. The highest BCUT2D eigenvalue weighted by molar-refractivity contribution is 5.54. The molecule has 1 atom stereocenters. The highest BCUT2D eigenvalue weighted by Crippen LogP contribution is 2.22. The molecule has 0 bridgehead atoms. The number of rotatable bonds is 5. The molecule has 23 heavy (non-hydrogen) atoms. The molecule has 0 N–H and O–H groups in total. The van der Waals surface area contributed by atoms with Crippen LogP contribution in [0.15, 0.2) is 22.9 Å². The van der Waals surface area contributed by atoms with Crippen LogP contribution in [0.5, 0.6) is 0 Å². The molecule has 0 amide bonds. The van der Waals surface area contributed by atoms with E-state index in [-0.39, 0.29) is 5.92 Å². The first kappa shape index (κ1) is 15.9. The highest BCUT2D eigenvalue weighted by atomic mass is 16.5. The van der Waals surface area contributed by atoms with Gasteiger partial charge in [0.15, 0.2) is 5.82 Å². The molecular weight excluding hydrogens is 292 g/mol. The molecule has 2 aromatic rings. The number of hydrogen-bond acceptors (Lipinski definition) is 6. The highest BCUT2D eigenvalue weighted by Gasteiger charge is 2.17. The molecule has 1 aliphatic rings. The molecule has 0 aliphatic carbocycles. The van der Waals surface area contributed by atoms with Gasteiger partial charge in [0.1, 0.15) is 5.82 Å². The SMILES string of the molecule is CC(C)c1noc(-c2ccc(N(C)CC3CCCCO3)nc2)n1. The van der Waals surface area contributed by atoms with Crippen molar-refractivity contribution in [1.82, 2.24) is 15.1 Å². The number of pyridine rings is 1. The second kappa shape index (κ2) is 7.08. The van der Waals surface area contributed by atoms with Crippen molar-refractivity contribution in [2.75, 3.05) is 25.1 Å². The third kappa shape index (κ3) is 3.88. The van der Waals surface area contributed by atoms with E-state index < -0.39 is 0 Å². The largest absolute Gasteiger partial charge is 0.376 e. The molecule has 0 spiro atoms. The fraction of sp³-hybridized carbons (Fsp3) is 0.588. The molecule has 0 saturated carbocycles. The summed E-state index contributed by atoms with van der Waals surface area (Å²) >= 11 is 0. The van der Waals surface area contributed by atoms with E-state index in [9.17, 15) is 0 Å². The van der Waals surface area contributed by atoms with Gasteiger partial charge in [0.05, 0.1) is 11.7 Å². The summed E-state index contributed by atoms with van der Waals surface area (Å²) in [6.07, 6.45) is 5.64. The summed E-state index contributed by atoms with van der Waals surface area (Å²) in [4.78, 5) is 11.0. The number of likely N-dealkylation sites (N-methyl/N-ethyl adjacent to an activating group) is 1. The van der Waals surface area contributed by atoms with Crippen LogP contribution in [-0.2, 0) is 4.74 Å². The Balaban J connectivity index is 1.65. The van der Waals surface area contributed by atoms with Gasteiger partial charge in [-0.2, -0.15) is 4.98 Å². The van der Waals surface area contributed by atoms with E-state index >= 15 is 0 Å². The van der Waals surface area contributed by atoms with Crippen molar-refractivity contribution in [3.8, 4) is 11.5 Å². The second-order valence-corrected chi connectivity index (χ2v) is 6.39. The maximum Gasteiger partial charge on any atom is 0.259 e. The van der Waals surface area contributed by atoms with Gasteiger partial charge < -0.3 is 14.2 Å². The van der Waals surface area contributed by atoms with Crippen molar-refractivity contribution in [1.29, 1.82) is 0 Å². The Hall–Kier alpha value is -1.95. The van der Waals surface area contributed by atoms with Gasteiger partial charge >= 0.3 is 0 Å². The molecule has 3 heterocycles. The van der Waals surface area contributed by atoms with Crippen LogP contribution in [0.25, 0.3) is 11.5 Å². The first-order chi connectivity index (χ1) is 11.1. The molecule has 2 aromatic heterocycles. The summed E-state index contributed by atoms with van der Waals surface area (Å²) in [6, 6.07) is 3.95. The van der Waals surface area contributed by atoms with E-state index in [1.807, 2.05) is 33.0 Å². The lowest BCUT2D eigenvalue weighted by molar-refractivity contribution is 0.0215. The zero-order valence-electron chi connectivity index (χ0n) is 14.0. The molecule has 0 radical (unpaired) electrons. The minimum atomic E-state index is 0.251. The van der Waals surface area contributed by atoms with Gasteiger partial charge in [-0.15, -0.1) is 0 Å². The van der Waals surface area contributed by atoms with Crippen molar-refractivity contribution in [3.05, 3.63) is 24.2 Å². The zero-order chi connectivity index (χ0) is 16.2. The van der Waals surface area contributed by atoms with Crippen LogP contribution >= 0.6 is 0 Å². The molecule has 1 aliphatic heterocycles. The van der Waals surface area contributed by atoms with Gasteiger partial charge in [0.25, 0.3) is 5.89 Å². The smallest absolute Gasteiger partial charge is 0.259 e. The molecule has 3 rings (SSSR count). The molecule has 6 nitrogen and oxygen atoms in total. The lowest BCUT2D eigenvalue weighted by atomic mass is 10.1. The first-order valence-electron chi connectivity index (χ1n) is 8.26. The monoisotopic (exact) mass is 316 g/mol. The summed E-state index contributed by atoms with van der Waals surface area (Å²) in [7, 11) is 2.05. The molecule has 6 heteroatoms. The topological polar surface area (TPSA) is 64.3 Å². The summed E-state index contributed by atoms with van der Waals surface area (Å²) in [5.41, 5.74) is 0.843. The maximum atomic E-state index is 5.79. The normalized spacial score (nSPS) is 18.3. The van der Waals surface area contributed by atoms with Crippen molar-refractivity contribution < 1.29 is 9.26 Å². The number of nitrogens with zero attached hydrogens (tertiary/aromatic N) is 4.